The summed E-state index contributed by atoms with van der Waals surface area (Å²) in [6.07, 6.45) is 1.14. The van der Waals surface area contributed by atoms with Gasteiger partial charge in [-0.1, -0.05) is 42.5 Å². The lowest BCUT2D eigenvalue weighted by Crippen LogP contribution is -2.28. The number of carbonyl (C=O) groups excluding carboxylic acids is 1. The Labute approximate surface area is 183 Å². The molecule has 4 rings (SSSR count). The first-order chi connectivity index (χ1) is 15.3. The smallest absolute Gasteiger partial charge is 0.296 e. The fourth-order valence-electron chi connectivity index (χ4n) is 3.07. The number of hydrogen-bond donors (Lipinski definition) is 3. The molecule has 3 aromatic carbocycles. The number of carbonyl (C=O) groups is 1. The van der Waals surface area contributed by atoms with Crippen molar-refractivity contribution in [3.8, 4) is 0 Å². The summed E-state index contributed by atoms with van der Waals surface area (Å²) < 4.78 is 33.5. The highest BCUT2D eigenvalue weighted by Gasteiger charge is 2.34. The summed E-state index contributed by atoms with van der Waals surface area (Å²) in [5.74, 6) is -0.771. The maximum atomic E-state index is 13.2. The first kappa shape index (κ1) is 21.1. The summed E-state index contributed by atoms with van der Waals surface area (Å²) >= 11 is 0. The highest BCUT2D eigenvalue weighted by molar-refractivity contribution is 7.91. The van der Waals surface area contributed by atoms with Crippen LogP contribution in [0.2, 0.25) is 0 Å². The molecule has 0 amide bonds. The first-order valence-electron chi connectivity index (χ1n) is 9.37. The average molecular weight is 447 g/mol. The minimum absolute atomic E-state index is 0.0187. The Bertz CT molecular complexity index is 1380. The van der Waals surface area contributed by atoms with E-state index >= 15 is 0 Å². The Balaban J connectivity index is 1.78. The van der Waals surface area contributed by atoms with Crippen LogP contribution >= 0.6 is 0 Å². The van der Waals surface area contributed by atoms with E-state index in [0.29, 0.717) is 11.4 Å². The number of benzene rings is 3. The fourth-order valence-corrected chi connectivity index (χ4v) is 3.73. The van der Waals surface area contributed by atoms with Crippen LogP contribution in [0.1, 0.15) is 15.9 Å². The number of azo groups is 1. The molecule has 4 N–H and O–H groups in total. The van der Waals surface area contributed by atoms with Crippen molar-refractivity contribution in [3.63, 3.8) is 0 Å². The molecule has 0 unspecified atom stereocenters. The second kappa shape index (κ2) is 8.53. The molecule has 1 aliphatic carbocycles. The minimum Gasteiger partial charge on any atom is -0.396 e. The largest absolute Gasteiger partial charge is 0.396 e. The first-order valence-corrected chi connectivity index (χ1v) is 10.8. The zero-order chi connectivity index (χ0) is 22.7. The van der Waals surface area contributed by atoms with Gasteiger partial charge in [-0.3, -0.25) is 14.8 Å². The van der Waals surface area contributed by atoms with Crippen molar-refractivity contribution in [3.05, 3.63) is 88.8 Å². The van der Waals surface area contributed by atoms with E-state index < -0.39 is 26.5 Å². The number of nitrogen functional groups attached to an aromatic ring is 1. The predicted octanol–water partition coefficient (Wildman–Crippen LogP) is 4.58. The zero-order valence-electron chi connectivity index (χ0n) is 16.5. The SMILES string of the molecule is Nc1c(/N=N/c2ccccc2)ccc2c1C(=O)/C(=N\Nc1ccccc1)C(S(=O)(=O)O)=C2. The normalized spacial score (nSPS) is 15.0. The summed E-state index contributed by atoms with van der Waals surface area (Å²) in [5.41, 5.74) is 9.94. The van der Waals surface area contributed by atoms with Crippen LogP contribution < -0.4 is 11.2 Å². The molecule has 0 heterocycles. The van der Waals surface area contributed by atoms with Gasteiger partial charge in [0.1, 0.15) is 10.6 Å². The predicted molar refractivity (Wildman–Crippen MR) is 123 cm³/mol. The molecule has 0 atom stereocenters. The molecular formula is C22H17N5O4S. The highest BCUT2D eigenvalue weighted by Crippen LogP contribution is 2.35. The third kappa shape index (κ3) is 4.31. The fraction of sp³-hybridized carbons (Fsp3) is 0. The Kier molecular flexibility index (Phi) is 5.63. The number of hydrazone groups is 1. The molecular weight excluding hydrogens is 430 g/mol. The number of hydrogen-bond acceptors (Lipinski definition) is 8. The molecule has 160 valence electrons. The summed E-state index contributed by atoms with van der Waals surface area (Å²) in [6, 6.07) is 20.6. The van der Waals surface area contributed by atoms with Gasteiger partial charge >= 0.3 is 0 Å². The van der Waals surface area contributed by atoms with Crippen LogP contribution in [0, 0.1) is 0 Å². The van der Waals surface area contributed by atoms with Gasteiger partial charge in [0.2, 0.25) is 5.78 Å². The Hall–Kier alpha value is -4.15. The van der Waals surface area contributed by atoms with Crippen molar-refractivity contribution < 1.29 is 17.8 Å². The van der Waals surface area contributed by atoms with Gasteiger partial charge < -0.3 is 5.73 Å². The van der Waals surface area contributed by atoms with E-state index in [-0.39, 0.29) is 22.5 Å². The van der Waals surface area contributed by atoms with E-state index in [2.05, 4.69) is 20.8 Å². The Morgan fingerprint density at radius 3 is 2.19 bits per heavy atom. The minimum atomic E-state index is -4.74. The molecule has 0 radical (unpaired) electrons. The van der Waals surface area contributed by atoms with Crippen LogP contribution in [0.3, 0.4) is 0 Å². The van der Waals surface area contributed by atoms with Gasteiger partial charge in [0.15, 0.2) is 5.71 Å². The Morgan fingerprint density at radius 2 is 1.53 bits per heavy atom. The molecule has 0 aliphatic heterocycles. The molecule has 0 saturated carbocycles. The van der Waals surface area contributed by atoms with Crippen molar-refractivity contribution >= 4 is 50.4 Å². The van der Waals surface area contributed by atoms with E-state index in [1.807, 2.05) is 6.07 Å². The number of allylic oxidation sites excluding steroid dienone is 1. The maximum absolute atomic E-state index is 13.2. The van der Waals surface area contributed by atoms with E-state index in [0.717, 1.165) is 6.08 Å². The van der Waals surface area contributed by atoms with Gasteiger partial charge in [-0.25, -0.2) is 0 Å². The maximum Gasteiger partial charge on any atom is 0.296 e. The third-order valence-corrected chi connectivity index (χ3v) is 5.46. The third-order valence-electron chi connectivity index (χ3n) is 4.59. The Morgan fingerprint density at radius 1 is 0.875 bits per heavy atom. The summed E-state index contributed by atoms with van der Waals surface area (Å²) in [4.78, 5) is 12.6. The molecule has 3 aromatic rings. The van der Waals surface area contributed by atoms with Gasteiger partial charge in [0.25, 0.3) is 10.1 Å². The van der Waals surface area contributed by atoms with Crippen molar-refractivity contribution in [2.24, 2.45) is 15.3 Å². The van der Waals surface area contributed by atoms with Crippen LogP contribution in [-0.2, 0) is 10.1 Å². The lowest BCUT2D eigenvalue weighted by Gasteiger charge is -2.18. The van der Waals surface area contributed by atoms with E-state index in [9.17, 15) is 17.8 Å². The quantitative estimate of drug-likeness (QED) is 0.226. The topological polar surface area (TPSA) is 147 Å². The van der Waals surface area contributed by atoms with Crippen molar-refractivity contribution in [2.45, 2.75) is 0 Å². The number of Topliss-reactive ketones (excluding diaryl/α,β-unsaturated/α-hetero) is 1. The van der Waals surface area contributed by atoms with Crippen LogP contribution in [0.5, 0.6) is 0 Å². The second-order valence-electron chi connectivity index (χ2n) is 6.75. The van der Waals surface area contributed by atoms with Gasteiger partial charge in [0, 0.05) is 0 Å². The number of ketones is 1. The number of nitrogens with one attached hydrogen (secondary N) is 1. The lowest BCUT2D eigenvalue weighted by atomic mass is 9.92. The van der Waals surface area contributed by atoms with Crippen molar-refractivity contribution in [1.82, 2.24) is 0 Å². The number of fused-ring (bicyclic) bond motifs is 1. The van der Waals surface area contributed by atoms with Crippen LogP contribution in [0.15, 0.2) is 93.0 Å². The second-order valence-corrected chi connectivity index (χ2v) is 8.14. The van der Waals surface area contributed by atoms with E-state index in [1.165, 1.54) is 12.1 Å². The molecule has 10 heteroatoms. The standard InChI is InChI=1S/C22H17N5O4S/c23-20-17(26-24-15-7-3-1-4-8-15)12-11-14-13-18(32(29,30)31)21(22(28)19(14)20)27-25-16-9-5-2-6-10-16/h1-13,25H,23H2,(H,29,30,31)/b26-24+,27-21-. The molecule has 32 heavy (non-hydrogen) atoms. The summed E-state index contributed by atoms with van der Waals surface area (Å²) in [7, 11) is -4.74. The monoisotopic (exact) mass is 447 g/mol. The zero-order valence-corrected chi connectivity index (χ0v) is 17.3. The molecule has 1 aliphatic rings. The van der Waals surface area contributed by atoms with Crippen LogP contribution in [0.25, 0.3) is 6.08 Å². The molecule has 9 nitrogen and oxygen atoms in total. The van der Waals surface area contributed by atoms with Crippen molar-refractivity contribution in [1.29, 1.82) is 0 Å². The van der Waals surface area contributed by atoms with E-state index in [1.54, 1.807) is 54.6 Å². The van der Waals surface area contributed by atoms with Gasteiger partial charge in [0.05, 0.1) is 22.6 Å². The summed E-state index contributed by atoms with van der Waals surface area (Å²) in [5, 5.41) is 12.2. The van der Waals surface area contributed by atoms with Crippen LogP contribution in [0.4, 0.5) is 22.7 Å². The number of nitrogens with two attached hydrogens (primary N) is 1. The molecule has 0 saturated heterocycles. The number of rotatable bonds is 5. The molecule has 0 aromatic heterocycles. The lowest BCUT2D eigenvalue weighted by molar-refractivity contribution is 0.106. The van der Waals surface area contributed by atoms with Gasteiger partial charge in [-0.15, -0.1) is 5.11 Å². The number of nitrogens with zero attached hydrogens (tertiary/aromatic N) is 3. The number of para-hydroxylation sites is 1. The summed E-state index contributed by atoms with van der Waals surface area (Å²) in [6.45, 7) is 0. The average Bonchev–Trinajstić information content (AvgIpc) is 2.78. The van der Waals surface area contributed by atoms with Crippen molar-refractivity contribution in [2.75, 3.05) is 11.2 Å². The molecule has 0 fully saturated rings. The highest BCUT2D eigenvalue weighted by atomic mass is 32.2. The van der Waals surface area contributed by atoms with E-state index in [4.69, 9.17) is 5.73 Å². The van der Waals surface area contributed by atoms with Gasteiger partial charge in [-0.2, -0.15) is 18.6 Å². The van der Waals surface area contributed by atoms with Crippen LogP contribution in [-0.4, -0.2) is 24.5 Å². The number of anilines is 2. The molecule has 0 bridgehead atoms. The van der Waals surface area contributed by atoms with Gasteiger partial charge in [-0.05, 0) is 42.0 Å². The molecule has 0 spiro atoms.